The highest BCUT2D eigenvalue weighted by Crippen LogP contribution is 2.14. The van der Waals surface area contributed by atoms with Gasteiger partial charge in [0, 0.05) is 0 Å². The van der Waals surface area contributed by atoms with Crippen LogP contribution in [0.15, 0.2) is 54.7 Å². The lowest BCUT2D eigenvalue weighted by Crippen LogP contribution is -1.83. The number of hydrogen-bond donors (Lipinski definition) is 0. The molecule has 165 valence electrons. The maximum absolute atomic E-state index is 5.25. The molecule has 0 aliphatic heterocycles. The molecule has 29 heavy (non-hydrogen) atoms. The van der Waals surface area contributed by atoms with Crippen LogP contribution in [-0.4, -0.2) is 0 Å². The van der Waals surface area contributed by atoms with E-state index in [9.17, 15) is 0 Å². The Hall–Kier alpha value is -1.30. The Balaban J connectivity index is 3.17. The first-order valence-electron chi connectivity index (χ1n) is 12.6. The smallest absolute Gasteiger partial charge is 0.0348 e. The molecule has 0 aromatic heterocycles. The van der Waals surface area contributed by atoms with Crippen molar-refractivity contribution >= 4 is 0 Å². The van der Waals surface area contributed by atoms with Crippen LogP contribution >= 0.6 is 0 Å². The summed E-state index contributed by atoms with van der Waals surface area (Å²) in [7, 11) is 0. The molecule has 0 atom stereocenters. The summed E-state index contributed by atoms with van der Waals surface area (Å²) in [4.78, 5) is 0. The van der Waals surface area contributed by atoms with Gasteiger partial charge < -0.3 is 0 Å². The molecule has 0 amide bonds. The minimum atomic E-state index is 1.20. The lowest BCUT2D eigenvalue weighted by atomic mass is 10.0. The van der Waals surface area contributed by atoms with Gasteiger partial charge in [0.25, 0.3) is 0 Å². The third-order valence-electron chi connectivity index (χ3n) is 5.39. The van der Waals surface area contributed by atoms with Crippen molar-refractivity contribution in [2.24, 2.45) is 0 Å². The van der Waals surface area contributed by atoms with Gasteiger partial charge in [-0.3, -0.25) is 0 Å². The average Bonchev–Trinajstić information content (AvgIpc) is 2.74. The zero-order chi connectivity index (χ0) is 21.1. The Morgan fingerprint density at radius 3 is 1.17 bits per heavy atom. The van der Waals surface area contributed by atoms with Crippen LogP contribution in [0.2, 0.25) is 0 Å². The molecule has 0 saturated heterocycles. The molecule has 0 aliphatic carbocycles. The van der Waals surface area contributed by atoms with E-state index in [4.69, 9.17) is 6.58 Å². The van der Waals surface area contributed by atoms with Gasteiger partial charge in [-0.1, -0.05) is 171 Å². The fourth-order valence-electron chi connectivity index (χ4n) is 3.55. The van der Waals surface area contributed by atoms with Crippen LogP contribution in [0, 0.1) is 6.58 Å². The number of rotatable bonds is 22. The van der Waals surface area contributed by atoms with E-state index >= 15 is 0 Å². The highest BCUT2D eigenvalue weighted by molar-refractivity contribution is 5.16. The SMILES string of the molecule is [CH]=C/C=C/C=C/C=C/C=C/CCCCCCCCCCCCCCCCCCC. The molecule has 0 saturated carbocycles. The standard InChI is InChI=1S/C29H49/c1-3-5-7-9-11-13-15-17-19-21-23-25-27-29-28-26-24-22-20-18-16-14-12-10-8-6-4-2/h1,3,5,7,9,11,13,15,17,19H,4,6,8,10,12,14,16,18,20-29H2,2H3/b3-1?,7-5+,11-9+,15-13+,19-17+. The lowest BCUT2D eigenvalue weighted by molar-refractivity contribution is 0.527. The van der Waals surface area contributed by atoms with Crippen LogP contribution in [0.5, 0.6) is 0 Å². The van der Waals surface area contributed by atoms with Gasteiger partial charge in [-0.25, -0.2) is 0 Å². The minimum absolute atomic E-state index is 1.20. The van der Waals surface area contributed by atoms with Crippen molar-refractivity contribution in [1.82, 2.24) is 0 Å². The van der Waals surface area contributed by atoms with E-state index in [1.54, 1.807) is 0 Å². The van der Waals surface area contributed by atoms with Gasteiger partial charge in [0.2, 0.25) is 0 Å². The van der Waals surface area contributed by atoms with Crippen LogP contribution in [0.25, 0.3) is 0 Å². The first-order chi connectivity index (χ1) is 14.4. The normalized spacial score (nSPS) is 12.3. The first kappa shape index (κ1) is 27.7. The maximum atomic E-state index is 5.25. The van der Waals surface area contributed by atoms with E-state index in [0.29, 0.717) is 0 Å². The van der Waals surface area contributed by atoms with Crippen molar-refractivity contribution in [1.29, 1.82) is 0 Å². The largest absolute Gasteiger partial charge is 0.0845 e. The number of unbranched alkanes of at least 4 members (excludes halogenated alkanes) is 17. The summed E-state index contributed by atoms with van der Waals surface area (Å²) < 4.78 is 0. The third kappa shape index (κ3) is 26.7. The van der Waals surface area contributed by atoms with Gasteiger partial charge >= 0.3 is 0 Å². The van der Waals surface area contributed by atoms with Crippen LogP contribution < -0.4 is 0 Å². The monoisotopic (exact) mass is 397 g/mol. The fourth-order valence-corrected chi connectivity index (χ4v) is 3.55. The molecule has 0 aromatic carbocycles. The molecule has 1 radical (unpaired) electrons. The Kier molecular flexibility index (Phi) is 25.5. The van der Waals surface area contributed by atoms with E-state index in [1.807, 2.05) is 30.4 Å². The Morgan fingerprint density at radius 2 is 0.759 bits per heavy atom. The van der Waals surface area contributed by atoms with Crippen LogP contribution in [0.3, 0.4) is 0 Å². The second-order valence-electron chi connectivity index (χ2n) is 8.22. The number of hydrogen-bond acceptors (Lipinski definition) is 0. The molecule has 0 aliphatic rings. The molecule has 0 spiro atoms. The molecule has 0 N–H and O–H groups in total. The van der Waals surface area contributed by atoms with Crippen LogP contribution in [-0.2, 0) is 0 Å². The van der Waals surface area contributed by atoms with Crippen molar-refractivity contribution in [3.8, 4) is 0 Å². The molecule has 0 unspecified atom stereocenters. The van der Waals surface area contributed by atoms with E-state index in [1.165, 1.54) is 122 Å². The molecule has 0 fully saturated rings. The Bertz CT molecular complexity index is 421. The minimum Gasteiger partial charge on any atom is -0.0845 e. The summed E-state index contributed by atoms with van der Waals surface area (Å²) in [6.07, 6.45) is 43.5. The molecular formula is C29H49. The van der Waals surface area contributed by atoms with Crippen molar-refractivity contribution in [3.05, 3.63) is 61.3 Å². The summed E-state index contributed by atoms with van der Waals surface area (Å²) in [5.41, 5.74) is 0. The molecule has 0 heteroatoms. The van der Waals surface area contributed by atoms with E-state index in [-0.39, 0.29) is 0 Å². The predicted molar refractivity (Wildman–Crippen MR) is 134 cm³/mol. The zero-order valence-electron chi connectivity index (χ0n) is 19.5. The van der Waals surface area contributed by atoms with Crippen molar-refractivity contribution in [3.63, 3.8) is 0 Å². The summed E-state index contributed by atoms with van der Waals surface area (Å²) >= 11 is 0. The van der Waals surface area contributed by atoms with Crippen molar-refractivity contribution < 1.29 is 0 Å². The molecular weight excluding hydrogens is 348 g/mol. The molecule has 0 nitrogen and oxygen atoms in total. The van der Waals surface area contributed by atoms with Crippen molar-refractivity contribution in [2.75, 3.05) is 0 Å². The molecule has 0 heterocycles. The molecule has 0 bridgehead atoms. The van der Waals surface area contributed by atoms with Gasteiger partial charge in [-0.05, 0) is 12.8 Å². The maximum Gasteiger partial charge on any atom is -0.0348 e. The van der Waals surface area contributed by atoms with Crippen LogP contribution in [0.1, 0.15) is 122 Å². The first-order valence-corrected chi connectivity index (χ1v) is 12.6. The predicted octanol–water partition coefficient (Wildman–Crippen LogP) is 10.2. The molecule has 0 aromatic rings. The Morgan fingerprint density at radius 1 is 0.414 bits per heavy atom. The highest BCUT2D eigenvalue weighted by Gasteiger charge is 1.94. The van der Waals surface area contributed by atoms with Crippen LogP contribution in [0.4, 0.5) is 0 Å². The summed E-state index contributed by atoms with van der Waals surface area (Å²) in [6.45, 7) is 7.55. The highest BCUT2D eigenvalue weighted by atomic mass is 14.0. The molecule has 0 rings (SSSR count). The second kappa shape index (κ2) is 26.7. The van der Waals surface area contributed by atoms with Gasteiger partial charge in [0.05, 0.1) is 0 Å². The fraction of sp³-hybridized carbons (Fsp3) is 0.655. The Labute approximate surface area is 184 Å². The van der Waals surface area contributed by atoms with Gasteiger partial charge in [0.1, 0.15) is 0 Å². The number of allylic oxidation sites excluding steroid dienone is 9. The van der Waals surface area contributed by atoms with Gasteiger partial charge in [-0.15, -0.1) is 0 Å². The summed E-state index contributed by atoms with van der Waals surface area (Å²) in [6, 6.07) is 0. The van der Waals surface area contributed by atoms with E-state index in [2.05, 4.69) is 25.2 Å². The topological polar surface area (TPSA) is 0 Å². The zero-order valence-corrected chi connectivity index (χ0v) is 19.5. The second-order valence-corrected chi connectivity index (χ2v) is 8.22. The average molecular weight is 398 g/mol. The quantitative estimate of drug-likeness (QED) is 0.126. The van der Waals surface area contributed by atoms with Gasteiger partial charge in [-0.2, -0.15) is 0 Å². The van der Waals surface area contributed by atoms with Gasteiger partial charge in [0.15, 0.2) is 0 Å². The summed E-state index contributed by atoms with van der Waals surface area (Å²) in [5, 5.41) is 0. The van der Waals surface area contributed by atoms with E-state index in [0.717, 1.165) is 0 Å². The summed E-state index contributed by atoms with van der Waals surface area (Å²) in [5.74, 6) is 0. The third-order valence-corrected chi connectivity index (χ3v) is 5.39. The van der Waals surface area contributed by atoms with E-state index < -0.39 is 0 Å². The lowest BCUT2D eigenvalue weighted by Gasteiger charge is -2.03. The van der Waals surface area contributed by atoms with Crippen molar-refractivity contribution in [2.45, 2.75) is 122 Å².